The Labute approximate surface area is 169 Å². The molecule has 1 fully saturated rings. The quantitative estimate of drug-likeness (QED) is 0.371. The minimum absolute atomic E-state index is 0.149. The number of ketones is 1. The Morgan fingerprint density at radius 2 is 1.76 bits per heavy atom. The maximum Gasteiger partial charge on any atom is 0.437 e. The van der Waals surface area contributed by atoms with Crippen molar-refractivity contribution in [2.75, 3.05) is 0 Å². The van der Waals surface area contributed by atoms with Crippen LogP contribution in [0.15, 0.2) is 41.8 Å². The molecule has 2 aromatic rings. The maximum absolute atomic E-state index is 13.8. The van der Waals surface area contributed by atoms with Gasteiger partial charge in [0.25, 0.3) is 0 Å². The van der Waals surface area contributed by atoms with E-state index in [1.54, 1.807) is 5.32 Å². The summed E-state index contributed by atoms with van der Waals surface area (Å²) in [5, 5.41) is 15.1. The van der Waals surface area contributed by atoms with Crippen molar-refractivity contribution >= 4 is 34.5 Å². The van der Waals surface area contributed by atoms with Gasteiger partial charge in [0.15, 0.2) is 10.9 Å². The van der Waals surface area contributed by atoms with Crippen LogP contribution >= 0.6 is 23.6 Å². The average Bonchev–Trinajstić information content (AvgIpc) is 3.13. The zero-order valence-electron chi connectivity index (χ0n) is 14.1. The predicted molar refractivity (Wildman–Crippen MR) is 96.2 cm³/mol. The second-order valence-electron chi connectivity index (χ2n) is 6.24. The van der Waals surface area contributed by atoms with Crippen molar-refractivity contribution in [1.82, 2.24) is 10.6 Å². The lowest BCUT2D eigenvalue weighted by Gasteiger charge is -2.46. The molecule has 3 N–H and O–H groups in total. The first-order chi connectivity index (χ1) is 13.4. The third-order valence-corrected chi connectivity index (χ3v) is 5.56. The number of nitrogens with one attached hydrogen (secondary N) is 2. The lowest BCUT2D eigenvalue weighted by molar-refractivity contribution is -0.285. The molecule has 3 atom stereocenters. The van der Waals surface area contributed by atoms with Crippen molar-refractivity contribution in [2.24, 2.45) is 5.92 Å². The summed E-state index contributed by atoms with van der Waals surface area (Å²) in [4.78, 5) is 12.8. The highest BCUT2D eigenvalue weighted by atomic mass is 32.1. The van der Waals surface area contributed by atoms with E-state index in [9.17, 15) is 36.2 Å². The van der Waals surface area contributed by atoms with Crippen molar-refractivity contribution in [3.8, 4) is 0 Å². The summed E-state index contributed by atoms with van der Waals surface area (Å²) in [7, 11) is 0. The Kier molecular flexibility index (Phi) is 5.39. The fraction of sp³-hybridized carbons (Fsp3) is 0.294. The highest BCUT2D eigenvalue weighted by molar-refractivity contribution is 7.80. The Balaban J connectivity index is 2.24. The second kappa shape index (κ2) is 7.26. The standard InChI is InChI=1S/C17H12F6N2O2S2/c18-16(19,20)9-5-2-1-4-8(9)12-11(13(26)10-6-3-7-29-10)15(27,17(21,22)23)25-14(28)24-12/h1-7,11-12,27H,(H2,24,25,28)/t11-,12+,15+/m1/s1. The Hall–Kier alpha value is -2.18. The molecule has 0 radical (unpaired) electrons. The van der Waals surface area contributed by atoms with Crippen LogP contribution in [0, 0.1) is 5.92 Å². The lowest BCUT2D eigenvalue weighted by atomic mass is 9.77. The summed E-state index contributed by atoms with van der Waals surface area (Å²) < 4.78 is 81.9. The molecular formula is C17H12F6N2O2S2. The molecule has 0 unspecified atom stereocenters. The second-order valence-corrected chi connectivity index (χ2v) is 7.60. The van der Waals surface area contributed by atoms with Crippen molar-refractivity contribution in [3.05, 3.63) is 57.8 Å². The van der Waals surface area contributed by atoms with Crippen LogP contribution in [0.3, 0.4) is 0 Å². The van der Waals surface area contributed by atoms with E-state index in [1.165, 1.54) is 23.6 Å². The lowest BCUT2D eigenvalue weighted by Crippen LogP contribution is -2.72. The zero-order valence-corrected chi connectivity index (χ0v) is 15.8. The third-order valence-electron chi connectivity index (χ3n) is 4.45. The van der Waals surface area contributed by atoms with Crippen LogP contribution in [0.1, 0.15) is 26.8 Å². The van der Waals surface area contributed by atoms with Gasteiger partial charge in [0.1, 0.15) is 5.92 Å². The summed E-state index contributed by atoms with van der Waals surface area (Å²) >= 11 is 5.51. The molecule has 1 aromatic carbocycles. The normalized spacial score (nSPS) is 25.3. The van der Waals surface area contributed by atoms with Gasteiger partial charge in [0.2, 0.25) is 5.72 Å². The van der Waals surface area contributed by atoms with Crippen LogP contribution in [-0.2, 0) is 6.18 Å². The number of rotatable bonds is 3. The summed E-state index contributed by atoms with van der Waals surface area (Å²) in [6.07, 6.45) is -10.3. The van der Waals surface area contributed by atoms with Crippen LogP contribution in [0.25, 0.3) is 0 Å². The van der Waals surface area contributed by atoms with Gasteiger partial charge in [-0.25, -0.2) is 0 Å². The van der Waals surface area contributed by atoms with E-state index >= 15 is 0 Å². The third kappa shape index (κ3) is 3.83. The van der Waals surface area contributed by atoms with Gasteiger partial charge in [-0.3, -0.25) is 4.79 Å². The van der Waals surface area contributed by atoms with Crippen molar-refractivity contribution in [1.29, 1.82) is 0 Å². The average molecular weight is 454 g/mol. The smallest absolute Gasteiger partial charge is 0.363 e. The highest BCUT2D eigenvalue weighted by Crippen LogP contribution is 2.46. The first-order valence-corrected chi connectivity index (χ1v) is 9.26. The molecule has 0 saturated carbocycles. The number of carbonyl (C=O) groups is 1. The van der Waals surface area contributed by atoms with Gasteiger partial charge in [-0.05, 0) is 35.3 Å². The minimum Gasteiger partial charge on any atom is -0.363 e. The molecule has 4 nitrogen and oxygen atoms in total. The van der Waals surface area contributed by atoms with Gasteiger partial charge in [-0.2, -0.15) is 26.3 Å². The summed E-state index contributed by atoms with van der Waals surface area (Å²) in [5.41, 5.74) is -5.75. The molecular weight excluding hydrogens is 442 g/mol. The molecule has 1 aromatic heterocycles. The summed E-state index contributed by atoms with van der Waals surface area (Å²) in [5.74, 6) is -3.55. The van der Waals surface area contributed by atoms with E-state index in [0.29, 0.717) is 6.07 Å². The molecule has 12 heteroatoms. The molecule has 0 bridgehead atoms. The van der Waals surface area contributed by atoms with Gasteiger partial charge in [-0.15, -0.1) is 11.3 Å². The number of thiocarbonyl (C=S) groups is 1. The largest absolute Gasteiger partial charge is 0.437 e. The molecule has 0 amide bonds. The number of thiophene rings is 1. The van der Waals surface area contributed by atoms with Crippen LogP contribution in [0.2, 0.25) is 0 Å². The highest BCUT2D eigenvalue weighted by Gasteiger charge is 2.66. The summed E-state index contributed by atoms with van der Waals surface area (Å²) in [6.45, 7) is 0. The summed E-state index contributed by atoms with van der Waals surface area (Å²) in [6, 6.07) is 4.62. The number of halogens is 6. The van der Waals surface area contributed by atoms with E-state index in [4.69, 9.17) is 12.2 Å². The van der Waals surface area contributed by atoms with Crippen LogP contribution < -0.4 is 10.6 Å². The maximum atomic E-state index is 13.8. The number of benzene rings is 1. The van der Waals surface area contributed by atoms with E-state index in [2.05, 4.69) is 5.32 Å². The van der Waals surface area contributed by atoms with Crippen molar-refractivity contribution in [3.63, 3.8) is 0 Å². The molecule has 1 aliphatic heterocycles. The van der Waals surface area contributed by atoms with E-state index in [-0.39, 0.29) is 4.88 Å². The number of hydrogen-bond acceptors (Lipinski definition) is 4. The predicted octanol–water partition coefficient (Wildman–Crippen LogP) is 4.04. The number of carbonyl (C=O) groups excluding carboxylic acids is 1. The minimum atomic E-state index is -5.41. The zero-order chi connectivity index (χ0) is 21.6. The number of aliphatic hydroxyl groups is 1. The topological polar surface area (TPSA) is 61.4 Å². The monoisotopic (exact) mass is 454 g/mol. The first kappa shape index (κ1) is 21.5. The molecule has 3 rings (SSSR count). The van der Waals surface area contributed by atoms with Crippen LogP contribution in [0.5, 0.6) is 0 Å². The molecule has 156 valence electrons. The number of alkyl halides is 6. The fourth-order valence-corrected chi connectivity index (χ4v) is 4.18. The Bertz CT molecular complexity index is 929. The van der Waals surface area contributed by atoms with Gasteiger partial charge >= 0.3 is 12.4 Å². The van der Waals surface area contributed by atoms with E-state index < -0.39 is 52.1 Å². The molecule has 0 aliphatic carbocycles. The van der Waals surface area contributed by atoms with Gasteiger partial charge < -0.3 is 15.7 Å². The van der Waals surface area contributed by atoms with Gasteiger partial charge in [0.05, 0.1) is 16.5 Å². The van der Waals surface area contributed by atoms with Gasteiger partial charge in [0, 0.05) is 0 Å². The first-order valence-electron chi connectivity index (χ1n) is 7.98. The van der Waals surface area contributed by atoms with E-state index in [1.807, 2.05) is 0 Å². The molecule has 0 spiro atoms. The van der Waals surface area contributed by atoms with Crippen LogP contribution in [0.4, 0.5) is 26.3 Å². The number of Topliss-reactive ketones (excluding diaryl/α,β-unsaturated/α-hetero) is 1. The fourth-order valence-electron chi connectivity index (χ4n) is 3.20. The van der Waals surface area contributed by atoms with Crippen LogP contribution in [-0.4, -0.2) is 27.9 Å². The Morgan fingerprint density at radius 1 is 1.10 bits per heavy atom. The van der Waals surface area contributed by atoms with Crippen molar-refractivity contribution in [2.45, 2.75) is 24.1 Å². The molecule has 29 heavy (non-hydrogen) atoms. The van der Waals surface area contributed by atoms with Gasteiger partial charge in [-0.1, -0.05) is 24.3 Å². The molecule has 1 saturated heterocycles. The number of hydrogen-bond donors (Lipinski definition) is 3. The van der Waals surface area contributed by atoms with Crippen molar-refractivity contribution < 1.29 is 36.2 Å². The molecule has 2 heterocycles. The molecule has 1 aliphatic rings. The SMILES string of the molecule is O=C(c1cccs1)[C@H]1[C@H](c2ccccc2C(F)(F)F)NC(=S)N[C@@]1(O)C(F)(F)F. The van der Waals surface area contributed by atoms with E-state index in [0.717, 1.165) is 23.5 Å². The Morgan fingerprint density at radius 3 is 2.31 bits per heavy atom.